The second kappa shape index (κ2) is 3.69. The second-order valence-corrected chi connectivity index (χ2v) is 5.31. The van der Waals surface area contributed by atoms with Crippen molar-refractivity contribution in [2.45, 2.75) is 53.0 Å². The topological polar surface area (TPSA) is 29.1 Å². The third-order valence-corrected chi connectivity index (χ3v) is 2.91. The van der Waals surface area contributed by atoms with E-state index in [1.807, 2.05) is 0 Å². The van der Waals surface area contributed by atoms with Gasteiger partial charge in [0.1, 0.15) is 0 Å². The molecule has 1 amide bonds. The van der Waals surface area contributed by atoms with Crippen LogP contribution in [0.3, 0.4) is 0 Å². The lowest BCUT2D eigenvalue weighted by Crippen LogP contribution is -2.30. The molecule has 1 saturated carbocycles. The smallest absolute Gasteiger partial charge is 0.220 e. The standard InChI is InChI=1S/C11H21NO/c1-8(11(2,3)4)7-10(13)12-9-5-6-9/h8-9H,5-7H2,1-4H3,(H,12,13). The highest BCUT2D eigenvalue weighted by Crippen LogP contribution is 2.28. The Kier molecular flexibility index (Phi) is 2.99. The Bertz CT molecular complexity index is 189. The molecule has 1 unspecified atom stereocenters. The zero-order valence-corrected chi connectivity index (χ0v) is 9.18. The van der Waals surface area contributed by atoms with E-state index in [4.69, 9.17) is 0 Å². The maximum absolute atomic E-state index is 11.4. The van der Waals surface area contributed by atoms with Gasteiger partial charge in [-0.15, -0.1) is 0 Å². The summed E-state index contributed by atoms with van der Waals surface area (Å²) in [5.41, 5.74) is 0.237. The molecule has 0 aromatic carbocycles. The Hall–Kier alpha value is -0.530. The van der Waals surface area contributed by atoms with Gasteiger partial charge in [0, 0.05) is 12.5 Å². The van der Waals surface area contributed by atoms with Crippen LogP contribution in [0.25, 0.3) is 0 Å². The zero-order valence-electron chi connectivity index (χ0n) is 9.18. The van der Waals surface area contributed by atoms with Gasteiger partial charge in [-0.25, -0.2) is 0 Å². The minimum atomic E-state index is 0.227. The Morgan fingerprint density at radius 3 is 2.38 bits per heavy atom. The second-order valence-electron chi connectivity index (χ2n) is 5.31. The summed E-state index contributed by atoms with van der Waals surface area (Å²) in [6.07, 6.45) is 3.02. The van der Waals surface area contributed by atoms with Crippen LogP contribution >= 0.6 is 0 Å². The quantitative estimate of drug-likeness (QED) is 0.715. The molecule has 76 valence electrons. The van der Waals surface area contributed by atoms with Crippen molar-refractivity contribution in [3.8, 4) is 0 Å². The van der Waals surface area contributed by atoms with Crippen molar-refractivity contribution >= 4 is 5.91 Å². The number of carbonyl (C=O) groups excluding carboxylic acids is 1. The number of amides is 1. The molecular formula is C11H21NO. The maximum Gasteiger partial charge on any atom is 0.220 e. The summed E-state index contributed by atoms with van der Waals surface area (Å²) in [5.74, 6) is 0.677. The Morgan fingerprint density at radius 2 is 2.00 bits per heavy atom. The van der Waals surface area contributed by atoms with Crippen LogP contribution < -0.4 is 5.32 Å². The van der Waals surface area contributed by atoms with Gasteiger partial charge in [-0.3, -0.25) is 4.79 Å². The van der Waals surface area contributed by atoms with Gasteiger partial charge < -0.3 is 5.32 Å². The van der Waals surface area contributed by atoms with E-state index < -0.39 is 0 Å². The average Bonchev–Trinajstić information content (AvgIpc) is 2.68. The van der Waals surface area contributed by atoms with Crippen LogP contribution in [0.15, 0.2) is 0 Å². The molecule has 0 aliphatic heterocycles. The van der Waals surface area contributed by atoms with Crippen LogP contribution in [-0.2, 0) is 4.79 Å². The summed E-state index contributed by atoms with van der Waals surface area (Å²) in [6, 6.07) is 0.500. The summed E-state index contributed by atoms with van der Waals surface area (Å²) in [7, 11) is 0. The van der Waals surface area contributed by atoms with Crippen LogP contribution in [0.5, 0.6) is 0 Å². The van der Waals surface area contributed by atoms with Crippen molar-refractivity contribution in [2.24, 2.45) is 11.3 Å². The van der Waals surface area contributed by atoms with Gasteiger partial charge in [-0.2, -0.15) is 0 Å². The summed E-state index contributed by atoms with van der Waals surface area (Å²) in [4.78, 5) is 11.4. The molecule has 13 heavy (non-hydrogen) atoms. The lowest BCUT2D eigenvalue weighted by Gasteiger charge is -2.26. The molecule has 1 atom stereocenters. The molecule has 1 aliphatic rings. The average molecular weight is 183 g/mol. The molecular weight excluding hydrogens is 162 g/mol. The molecule has 1 aliphatic carbocycles. The van der Waals surface area contributed by atoms with Gasteiger partial charge in [0.2, 0.25) is 5.91 Å². The van der Waals surface area contributed by atoms with Crippen molar-refractivity contribution < 1.29 is 4.79 Å². The Morgan fingerprint density at radius 1 is 1.46 bits per heavy atom. The minimum Gasteiger partial charge on any atom is -0.353 e. The summed E-state index contributed by atoms with van der Waals surface area (Å²) >= 11 is 0. The molecule has 0 spiro atoms. The fourth-order valence-electron chi connectivity index (χ4n) is 1.10. The molecule has 0 bridgehead atoms. The monoisotopic (exact) mass is 183 g/mol. The molecule has 0 saturated heterocycles. The van der Waals surface area contributed by atoms with Gasteiger partial charge in [0.15, 0.2) is 0 Å². The van der Waals surface area contributed by atoms with E-state index in [-0.39, 0.29) is 11.3 Å². The summed E-state index contributed by atoms with van der Waals surface area (Å²) < 4.78 is 0. The lowest BCUT2D eigenvalue weighted by molar-refractivity contribution is -0.122. The first-order chi connectivity index (χ1) is 5.89. The number of rotatable bonds is 3. The van der Waals surface area contributed by atoms with Crippen LogP contribution in [-0.4, -0.2) is 11.9 Å². The van der Waals surface area contributed by atoms with Crippen LogP contribution in [0.4, 0.5) is 0 Å². The van der Waals surface area contributed by atoms with Crippen molar-refractivity contribution in [1.29, 1.82) is 0 Å². The highest BCUT2D eigenvalue weighted by Gasteiger charge is 2.26. The predicted molar refractivity (Wildman–Crippen MR) is 54.4 cm³/mol. The molecule has 0 heterocycles. The maximum atomic E-state index is 11.4. The fourth-order valence-corrected chi connectivity index (χ4v) is 1.10. The molecule has 1 N–H and O–H groups in total. The zero-order chi connectivity index (χ0) is 10.1. The van der Waals surface area contributed by atoms with Gasteiger partial charge in [0.05, 0.1) is 0 Å². The molecule has 0 radical (unpaired) electrons. The predicted octanol–water partition coefficient (Wildman–Crippen LogP) is 2.34. The normalized spacial score (nSPS) is 19.7. The minimum absolute atomic E-state index is 0.227. The third-order valence-electron chi connectivity index (χ3n) is 2.91. The van der Waals surface area contributed by atoms with E-state index in [0.29, 0.717) is 18.4 Å². The van der Waals surface area contributed by atoms with Crippen LogP contribution in [0, 0.1) is 11.3 Å². The van der Waals surface area contributed by atoms with E-state index in [9.17, 15) is 4.79 Å². The van der Waals surface area contributed by atoms with Crippen LogP contribution in [0.1, 0.15) is 47.0 Å². The number of hydrogen-bond acceptors (Lipinski definition) is 1. The highest BCUT2D eigenvalue weighted by atomic mass is 16.1. The first kappa shape index (κ1) is 10.6. The van der Waals surface area contributed by atoms with Crippen molar-refractivity contribution in [1.82, 2.24) is 5.32 Å². The van der Waals surface area contributed by atoms with Crippen molar-refractivity contribution in [2.75, 3.05) is 0 Å². The van der Waals surface area contributed by atoms with E-state index in [2.05, 4.69) is 33.0 Å². The largest absolute Gasteiger partial charge is 0.353 e. The SMILES string of the molecule is CC(CC(=O)NC1CC1)C(C)(C)C. The van der Waals surface area contributed by atoms with Gasteiger partial charge >= 0.3 is 0 Å². The summed E-state index contributed by atoms with van der Waals surface area (Å²) in [6.45, 7) is 8.69. The molecule has 2 nitrogen and oxygen atoms in total. The van der Waals surface area contributed by atoms with Gasteiger partial charge in [-0.1, -0.05) is 27.7 Å². The number of carbonyl (C=O) groups is 1. The fraction of sp³-hybridized carbons (Fsp3) is 0.909. The van der Waals surface area contributed by atoms with Crippen molar-refractivity contribution in [3.05, 3.63) is 0 Å². The molecule has 1 fully saturated rings. The van der Waals surface area contributed by atoms with E-state index in [1.165, 1.54) is 12.8 Å². The molecule has 0 aromatic heterocycles. The molecule has 1 rings (SSSR count). The van der Waals surface area contributed by atoms with Gasteiger partial charge in [0.25, 0.3) is 0 Å². The Balaban J connectivity index is 2.25. The van der Waals surface area contributed by atoms with Crippen LogP contribution in [0.2, 0.25) is 0 Å². The number of nitrogens with one attached hydrogen (secondary N) is 1. The van der Waals surface area contributed by atoms with E-state index in [1.54, 1.807) is 0 Å². The first-order valence-corrected chi connectivity index (χ1v) is 5.19. The third kappa shape index (κ3) is 3.79. The lowest BCUT2D eigenvalue weighted by atomic mass is 9.80. The summed E-state index contributed by atoms with van der Waals surface area (Å²) in [5, 5.41) is 3.02. The molecule has 2 heteroatoms. The van der Waals surface area contributed by atoms with Crippen molar-refractivity contribution in [3.63, 3.8) is 0 Å². The van der Waals surface area contributed by atoms with E-state index >= 15 is 0 Å². The highest BCUT2D eigenvalue weighted by molar-refractivity contribution is 5.76. The number of hydrogen-bond donors (Lipinski definition) is 1. The van der Waals surface area contributed by atoms with Gasteiger partial charge in [-0.05, 0) is 24.2 Å². The Labute approximate surface area is 81.1 Å². The van der Waals surface area contributed by atoms with E-state index in [0.717, 1.165) is 0 Å². The first-order valence-electron chi connectivity index (χ1n) is 5.19. The molecule has 0 aromatic rings.